The number of ketones is 1. The molecule has 0 aliphatic carbocycles. The molecule has 0 fully saturated rings. The number of hydrogen-bond acceptors (Lipinski definition) is 5. The highest BCUT2D eigenvalue weighted by Gasteiger charge is 2.15. The molecule has 0 spiro atoms. The van der Waals surface area contributed by atoms with Gasteiger partial charge in [-0.05, 0) is 32.0 Å². The van der Waals surface area contributed by atoms with E-state index in [9.17, 15) is 9.59 Å². The monoisotopic (exact) mass is 301 g/mol. The van der Waals surface area contributed by atoms with Crippen molar-refractivity contribution in [3.05, 3.63) is 36.0 Å². The Hall–Kier alpha value is -2.43. The van der Waals surface area contributed by atoms with Gasteiger partial charge in [-0.2, -0.15) is 0 Å². The zero-order valence-electron chi connectivity index (χ0n) is 13.0. The van der Waals surface area contributed by atoms with Gasteiger partial charge in [0.05, 0.1) is 19.6 Å². The van der Waals surface area contributed by atoms with Crippen molar-refractivity contribution in [2.24, 2.45) is 0 Å². The molecular formula is C17H19NO4. The number of fused-ring (bicyclic) bond motifs is 1. The third-order valence-corrected chi connectivity index (χ3v) is 3.18. The fraction of sp³-hybridized carbons (Fsp3) is 0.353. The van der Waals surface area contributed by atoms with Crippen molar-refractivity contribution < 1.29 is 19.1 Å². The van der Waals surface area contributed by atoms with Gasteiger partial charge in [-0.25, -0.2) is 0 Å². The first-order valence-electron chi connectivity index (χ1n) is 7.17. The Morgan fingerprint density at radius 3 is 2.64 bits per heavy atom. The van der Waals surface area contributed by atoms with Crippen LogP contribution in [-0.4, -0.2) is 30.0 Å². The second-order valence-electron chi connectivity index (χ2n) is 5.18. The Morgan fingerprint density at radius 1 is 1.18 bits per heavy atom. The molecule has 0 amide bonds. The van der Waals surface area contributed by atoms with E-state index < -0.39 is 5.97 Å². The maximum Gasteiger partial charge on any atom is 0.305 e. The lowest BCUT2D eigenvalue weighted by Crippen LogP contribution is -2.09. The predicted molar refractivity (Wildman–Crippen MR) is 83.1 cm³/mol. The van der Waals surface area contributed by atoms with Gasteiger partial charge in [0.1, 0.15) is 11.3 Å². The predicted octanol–water partition coefficient (Wildman–Crippen LogP) is 3.16. The summed E-state index contributed by atoms with van der Waals surface area (Å²) < 4.78 is 10.3. The van der Waals surface area contributed by atoms with Gasteiger partial charge in [0.15, 0.2) is 5.78 Å². The van der Waals surface area contributed by atoms with Gasteiger partial charge in [-0.3, -0.25) is 14.6 Å². The maximum atomic E-state index is 12.3. The van der Waals surface area contributed by atoms with E-state index in [-0.39, 0.29) is 24.7 Å². The molecule has 2 aromatic rings. The van der Waals surface area contributed by atoms with Crippen molar-refractivity contribution >= 4 is 22.7 Å². The Labute approximate surface area is 129 Å². The molecule has 0 aliphatic heterocycles. The molecule has 0 radical (unpaired) electrons. The second kappa shape index (κ2) is 7.02. The molecule has 1 aromatic carbocycles. The van der Waals surface area contributed by atoms with E-state index in [1.807, 2.05) is 19.9 Å². The van der Waals surface area contributed by atoms with Gasteiger partial charge in [0.2, 0.25) is 0 Å². The molecule has 0 saturated heterocycles. The van der Waals surface area contributed by atoms with Crippen LogP contribution < -0.4 is 4.74 Å². The van der Waals surface area contributed by atoms with Gasteiger partial charge in [0, 0.05) is 23.6 Å². The third kappa shape index (κ3) is 3.61. The molecule has 1 heterocycles. The number of carbonyl (C=O) groups is 2. The number of aromatic nitrogens is 1. The highest BCUT2D eigenvalue weighted by molar-refractivity contribution is 6.09. The maximum absolute atomic E-state index is 12.3. The van der Waals surface area contributed by atoms with E-state index in [0.29, 0.717) is 16.8 Å². The topological polar surface area (TPSA) is 65.5 Å². The zero-order chi connectivity index (χ0) is 16.1. The van der Waals surface area contributed by atoms with E-state index in [4.69, 9.17) is 4.74 Å². The number of pyridine rings is 1. The quantitative estimate of drug-likeness (QED) is 0.605. The van der Waals surface area contributed by atoms with Crippen molar-refractivity contribution in [1.82, 2.24) is 4.98 Å². The van der Waals surface area contributed by atoms with E-state index >= 15 is 0 Å². The van der Waals surface area contributed by atoms with Crippen LogP contribution in [0.3, 0.4) is 0 Å². The molecule has 0 aliphatic rings. The summed E-state index contributed by atoms with van der Waals surface area (Å²) in [6.07, 6.45) is 1.87. The number of benzene rings is 1. The van der Waals surface area contributed by atoms with Crippen LogP contribution in [0.5, 0.6) is 5.75 Å². The highest BCUT2D eigenvalue weighted by atomic mass is 16.5. The molecule has 0 bridgehead atoms. The minimum atomic E-state index is -0.393. The van der Waals surface area contributed by atoms with Crippen molar-refractivity contribution in [3.8, 4) is 5.75 Å². The van der Waals surface area contributed by atoms with Crippen LogP contribution in [0.1, 0.15) is 37.0 Å². The summed E-state index contributed by atoms with van der Waals surface area (Å²) in [5, 5.41) is 0.732. The van der Waals surface area contributed by atoms with E-state index in [1.54, 1.807) is 24.4 Å². The zero-order valence-corrected chi connectivity index (χ0v) is 13.0. The smallest absolute Gasteiger partial charge is 0.305 e. The van der Waals surface area contributed by atoms with Crippen molar-refractivity contribution in [1.29, 1.82) is 0 Å². The lowest BCUT2D eigenvalue weighted by molar-refractivity contribution is -0.140. The van der Waals surface area contributed by atoms with Crippen LogP contribution in [0.25, 0.3) is 10.9 Å². The van der Waals surface area contributed by atoms with Crippen LogP contribution in [-0.2, 0) is 9.53 Å². The average molecular weight is 301 g/mol. The normalized spacial score (nSPS) is 10.7. The molecular weight excluding hydrogens is 282 g/mol. The number of rotatable bonds is 6. The summed E-state index contributed by atoms with van der Waals surface area (Å²) in [4.78, 5) is 27.8. The lowest BCUT2D eigenvalue weighted by atomic mass is 10.0. The summed E-state index contributed by atoms with van der Waals surface area (Å²) >= 11 is 0. The van der Waals surface area contributed by atoms with Gasteiger partial charge in [0.25, 0.3) is 0 Å². The number of nitrogens with zero attached hydrogens (tertiary/aromatic N) is 1. The average Bonchev–Trinajstić information content (AvgIpc) is 2.52. The molecule has 0 saturated carbocycles. The molecule has 0 N–H and O–H groups in total. The summed E-state index contributed by atoms with van der Waals surface area (Å²) in [5.41, 5.74) is 1.20. The summed E-state index contributed by atoms with van der Waals surface area (Å²) in [6.45, 7) is 3.87. The van der Waals surface area contributed by atoms with Gasteiger partial charge < -0.3 is 9.47 Å². The van der Waals surface area contributed by atoms with Crippen molar-refractivity contribution in [2.75, 3.05) is 7.11 Å². The van der Waals surface area contributed by atoms with Crippen molar-refractivity contribution in [2.45, 2.75) is 32.8 Å². The number of hydrogen-bond donors (Lipinski definition) is 0. The molecule has 1 aromatic heterocycles. The van der Waals surface area contributed by atoms with Crippen molar-refractivity contribution in [3.63, 3.8) is 0 Å². The van der Waals surface area contributed by atoms with E-state index in [0.717, 1.165) is 5.39 Å². The Balaban J connectivity index is 2.35. The molecule has 5 nitrogen and oxygen atoms in total. The number of ether oxygens (including phenoxy) is 2. The van der Waals surface area contributed by atoms with E-state index in [2.05, 4.69) is 9.72 Å². The van der Waals surface area contributed by atoms with Crippen LogP contribution in [0.15, 0.2) is 30.5 Å². The first-order valence-corrected chi connectivity index (χ1v) is 7.17. The van der Waals surface area contributed by atoms with Crippen LogP contribution >= 0.6 is 0 Å². The molecule has 116 valence electrons. The van der Waals surface area contributed by atoms with E-state index in [1.165, 1.54) is 7.11 Å². The molecule has 0 unspecified atom stereocenters. The highest BCUT2D eigenvalue weighted by Crippen LogP contribution is 2.28. The fourth-order valence-corrected chi connectivity index (χ4v) is 2.19. The largest absolute Gasteiger partial charge is 0.489 e. The molecule has 0 atom stereocenters. The Kier molecular flexibility index (Phi) is 5.09. The van der Waals surface area contributed by atoms with Gasteiger partial charge in [-0.1, -0.05) is 6.07 Å². The minimum Gasteiger partial charge on any atom is -0.489 e. The fourth-order valence-electron chi connectivity index (χ4n) is 2.19. The number of methoxy groups -OCH3 is 1. The lowest BCUT2D eigenvalue weighted by Gasteiger charge is -2.13. The standard InChI is InChI=1S/C17H19NO4/c1-11(2)22-15-8-6-12(13-5-4-10-18-17(13)15)14(19)7-9-16(20)21-3/h4-6,8,10-11H,7,9H2,1-3H3. The second-order valence-corrected chi connectivity index (χ2v) is 5.18. The summed E-state index contributed by atoms with van der Waals surface area (Å²) in [6, 6.07) is 7.08. The number of esters is 1. The minimum absolute atomic E-state index is 0.0195. The first-order chi connectivity index (χ1) is 10.5. The summed E-state index contributed by atoms with van der Waals surface area (Å²) in [5.74, 6) is 0.144. The Morgan fingerprint density at radius 2 is 1.95 bits per heavy atom. The van der Waals surface area contributed by atoms with Crippen LogP contribution in [0, 0.1) is 0 Å². The van der Waals surface area contributed by atoms with Crippen LogP contribution in [0.2, 0.25) is 0 Å². The SMILES string of the molecule is COC(=O)CCC(=O)c1ccc(OC(C)C)c2ncccc12. The van der Waals surface area contributed by atoms with Gasteiger partial charge >= 0.3 is 5.97 Å². The molecule has 2 rings (SSSR count). The first kappa shape index (κ1) is 15.9. The molecule has 5 heteroatoms. The molecule has 22 heavy (non-hydrogen) atoms. The third-order valence-electron chi connectivity index (χ3n) is 3.18. The Bertz CT molecular complexity index is 694. The van der Waals surface area contributed by atoms with Gasteiger partial charge in [-0.15, -0.1) is 0 Å². The summed E-state index contributed by atoms with van der Waals surface area (Å²) in [7, 11) is 1.31. The number of Topliss-reactive ketones (excluding diaryl/α,β-unsaturated/α-hetero) is 1. The van der Waals surface area contributed by atoms with Crippen LogP contribution in [0.4, 0.5) is 0 Å². The number of carbonyl (C=O) groups excluding carboxylic acids is 2.